The van der Waals surface area contributed by atoms with Gasteiger partial charge in [0, 0.05) is 5.02 Å². The van der Waals surface area contributed by atoms with Crippen LogP contribution in [0.1, 0.15) is 0 Å². The van der Waals surface area contributed by atoms with Crippen molar-refractivity contribution in [1.29, 1.82) is 0 Å². The number of hydrogen-bond acceptors (Lipinski definition) is 0. The zero-order valence-corrected chi connectivity index (χ0v) is 14.5. The fraction of sp³-hybridized carbons (Fsp3) is 0.100. The SMILES string of the molecule is C[Si]1(C)c2ccccc2-c2ccc(-c3ccc(Cl)cc3)cc21. The smallest absolute Gasteiger partial charge is 0.0843 e. The minimum absolute atomic E-state index is 0.784. The van der Waals surface area contributed by atoms with Crippen LogP contribution in [0.2, 0.25) is 18.1 Å². The van der Waals surface area contributed by atoms with Crippen molar-refractivity contribution in [3.8, 4) is 22.3 Å². The first-order valence-electron chi connectivity index (χ1n) is 7.58. The second-order valence-corrected chi connectivity index (χ2v) is 11.2. The zero-order valence-electron chi connectivity index (χ0n) is 12.7. The molecule has 0 atom stereocenters. The average Bonchev–Trinajstić information content (AvgIpc) is 2.77. The van der Waals surface area contributed by atoms with E-state index in [4.69, 9.17) is 11.6 Å². The third kappa shape index (κ3) is 1.97. The van der Waals surface area contributed by atoms with E-state index in [0.717, 1.165) is 5.02 Å². The van der Waals surface area contributed by atoms with Gasteiger partial charge in [-0.15, -0.1) is 0 Å². The predicted octanol–water partition coefficient (Wildman–Crippen LogP) is 4.81. The van der Waals surface area contributed by atoms with Crippen LogP contribution < -0.4 is 10.4 Å². The Morgan fingerprint density at radius 2 is 1.32 bits per heavy atom. The minimum Gasteiger partial charge on any atom is -0.0843 e. The molecule has 4 rings (SSSR count). The topological polar surface area (TPSA) is 0 Å². The maximum absolute atomic E-state index is 6.01. The molecule has 1 aliphatic rings. The highest BCUT2D eigenvalue weighted by Crippen LogP contribution is 2.31. The lowest BCUT2D eigenvalue weighted by Gasteiger charge is -2.19. The molecule has 0 N–H and O–H groups in total. The molecular formula is C20H17ClSi. The van der Waals surface area contributed by atoms with Crippen molar-refractivity contribution in [3.63, 3.8) is 0 Å². The molecule has 3 aromatic carbocycles. The summed E-state index contributed by atoms with van der Waals surface area (Å²) >= 11 is 6.01. The lowest BCUT2D eigenvalue weighted by Crippen LogP contribution is -2.49. The molecule has 1 heterocycles. The van der Waals surface area contributed by atoms with E-state index in [1.165, 1.54) is 22.3 Å². The Morgan fingerprint density at radius 3 is 2.09 bits per heavy atom. The fourth-order valence-electron chi connectivity index (χ4n) is 3.53. The number of hydrogen-bond donors (Lipinski definition) is 0. The summed E-state index contributed by atoms with van der Waals surface area (Å²) in [6.45, 7) is 4.90. The number of halogens is 1. The van der Waals surface area contributed by atoms with E-state index in [2.05, 4.69) is 67.7 Å². The van der Waals surface area contributed by atoms with Crippen LogP contribution in [0.3, 0.4) is 0 Å². The Hall–Kier alpha value is -1.83. The average molecular weight is 321 g/mol. The Kier molecular flexibility index (Phi) is 3.03. The molecule has 3 aromatic rings. The van der Waals surface area contributed by atoms with Crippen LogP contribution in [0.5, 0.6) is 0 Å². The van der Waals surface area contributed by atoms with Gasteiger partial charge in [0.05, 0.1) is 0 Å². The van der Waals surface area contributed by atoms with E-state index in [9.17, 15) is 0 Å². The van der Waals surface area contributed by atoms with Crippen molar-refractivity contribution >= 4 is 30.0 Å². The summed E-state index contributed by atoms with van der Waals surface area (Å²) in [6.07, 6.45) is 0. The van der Waals surface area contributed by atoms with Gasteiger partial charge in [0.25, 0.3) is 0 Å². The normalized spacial score (nSPS) is 14.5. The van der Waals surface area contributed by atoms with Crippen LogP contribution in [0.4, 0.5) is 0 Å². The first kappa shape index (κ1) is 13.8. The Balaban J connectivity index is 1.90. The van der Waals surface area contributed by atoms with Crippen molar-refractivity contribution in [2.75, 3.05) is 0 Å². The van der Waals surface area contributed by atoms with E-state index in [1.54, 1.807) is 10.4 Å². The van der Waals surface area contributed by atoms with Gasteiger partial charge in [0.15, 0.2) is 0 Å². The molecule has 0 saturated heterocycles. The molecule has 0 aliphatic carbocycles. The molecule has 0 bridgehead atoms. The lowest BCUT2D eigenvalue weighted by atomic mass is 10.0. The molecule has 0 saturated carbocycles. The van der Waals surface area contributed by atoms with Gasteiger partial charge in [0.1, 0.15) is 8.07 Å². The van der Waals surface area contributed by atoms with E-state index in [-0.39, 0.29) is 0 Å². The van der Waals surface area contributed by atoms with E-state index in [1.807, 2.05) is 12.1 Å². The lowest BCUT2D eigenvalue weighted by molar-refractivity contribution is 1.63. The van der Waals surface area contributed by atoms with Gasteiger partial charge in [-0.05, 0) is 44.8 Å². The third-order valence-corrected chi connectivity index (χ3v) is 8.56. The molecule has 0 unspecified atom stereocenters. The Bertz CT molecular complexity index is 863. The van der Waals surface area contributed by atoms with Gasteiger partial charge in [-0.25, -0.2) is 0 Å². The predicted molar refractivity (Wildman–Crippen MR) is 99.1 cm³/mol. The van der Waals surface area contributed by atoms with E-state index >= 15 is 0 Å². The summed E-state index contributed by atoms with van der Waals surface area (Å²) < 4.78 is 0. The summed E-state index contributed by atoms with van der Waals surface area (Å²) in [6, 6.07) is 23.9. The van der Waals surface area contributed by atoms with Gasteiger partial charge in [-0.1, -0.05) is 79.3 Å². The maximum Gasteiger partial charge on any atom is 0.113 e. The van der Waals surface area contributed by atoms with Crippen LogP contribution in [0, 0.1) is 0 Å². The Morgan fingerprint density at radius 1 is 0.682 bits per heavy atom. The molecular weight excluding hydrogens is 304 g/mol. The monoisotopic (exact) mass is 320 g/mol. The first-order chi connectivity index (χ1) is 10.6. The van der Waals surface area contributed by atoms with Crippen LogP contribution in [-0.4, -0.2) is 8.07 Å². The van der Waals surface area contributed by atoms with Crippen LogP contribution in [0.25, 0.3) is 22.3 Å². The van der Waals surface area contributed by atoms with Gasteiger partial charge >= 0.3 is 0 Å². The van der Waals surface area contributed by atoms with E-state index < -0.39 is 8.07 Å². The second kappa shape index (κ2) is 4.84. The molecule has 0 fully saturated rings. The number of rotatable bonds is 1. The van der Waals surface area contributed by atoms with Gasteiger partial charge < -0.3 is 0 Å². The number of fused-ring (bicyclic) bond motifs is 3. The van der Waals surface area contributed by atoms with Gasteiger partial charge in [-0.3, -0.25) is 0 Å². The Labute approximate surface area is 137 Å². The highest BCUT2D eigenvalue weighted by atomic mass is 35.5. The quantitative estimate of drug-likeness (QED) is 0.564. The largest absolute Gasteiger partial charge is 0.113 e. The molecule has 0 spiro atoms. The van der Waals surface area contributed by atoms with Gasteiger partial charge in [-0.2, -0.15) is 0 Å². The van der Waals surface area contributed by atoms with Crippen molar-refractivity contribution in [3.05, 3.63) is 71.8 Å². The third-order valence-electron chi connectivity index (χ3n) is 4.76. The zero-order chi connectivity index (χ0) is 15.3. The summed E-state index contributed by atoms with van der Waals surface area (Å²) in [4.78, 5) is 0. The molecule has 108 valence electrons. The number of benzene rings is 3. The van der Waals surface area contributed by atoms with Crippen molar-refractivity contribution in [1.82, 2.24) is 0 Å². The maximum atomic E-state index is 6.01. The molecule has 22 heavy (non-hydrogen) atoms. The molecule has 0 aromatic heterocycles. The molecule has 0 radical (unpaired) electrons. The van der Waals surface area contributed by atoms with Crippen LogP contribution in [0.15, 0.2) is 66.7 Å². The molecule has 2 heteroatoms. The summed E-state index contributed by atoms with van der Waals surface area (Å²) in [7, 11) is -1.58. The second-order valence-electron chi connectivity index (χ2n) is 6.44. The van der Waals surface area contributed by atoms with Crippen molar-refractivity contribution in [2.45, 2.75) is 13.1 Å². The van der Waals surface area contributed by atoms with Gasteiger partial charge in [0.2, 0.25) is 0 Å². The summed E-state index contributed by atoms with van der Waals surface area (Å²) in [5.74, 6) is 0. The first-order valence-corrected chi connectivity index (χ1v) is 11.0. The van der Waals surface area contributed by atoms with Crippen molar-refractivity contribution in [2.24, 2.45) is 0 Å². The highest BCUT2D eigenvalue weighted by Gasteiger charge is 2.37. The standard InChI is InChI=1S/C20H17ClSi/c1-22(2)19-6-4-3-5-17(19)18-12-9-15(13-20(18)22)14-7-10-16(21)11-8-14/h3-13H,1-2H3. The summed E-state index contributed by atoms with van der Waals surface area (Å²) in [5, 5.41) is 3.88. The highest BCUT2D eigenvalue weighted by molar-refractivity contribution is 7.03. The fourth-order valence-corrected chi connectivity index (χ4v) is 6.75. The van der Waals surface area contributed by atoms with E-state index in [0.29, 0.717) is 0 Å². The van der Waals surface area contributed by atoms with Crippen LogP contribution in [-0.2, 0) is 0 Å². The van der Waals surface area contributed by atoms with Crippen LogP contribution >= 0.6 is 11.6 Å². The van der Waals surface area contributed by atoms with Crippen molar-refractivity contribution < 1.29 is 0 Å². The minimum atomic E-state index is -1.58. The molecule has 0 nitrogen and oxygen atoms in total. The molecule has 1 aliphatic heterocycles. The summed E-state index contributed by atoms with van der Waals surface area (Å²) in [5.41, 5.74) is 5.36. The molecule has 0 amide bonds.